The Morgan fingerprint density at radius 3 is 1.63 bits per heavy atom. The highest BCUT2D eigenvalue weighted by molar-refractivity contribution is 5.72. The summed E-state index contributed by atoms with van der Waals surface area (Å²) in [6.45, 7) is 4.47. The molecule has 1 N–H and O–H groups in total. The molecular weight excluding hydrogens is 642 g/mol. The van der Waals surface area contributed by atoms with Gasteiger partial charge in [0.15, 0.2) is 12.1 Å². The molecule has 8 nitrogen and oxygen atoms in total. The number of hydrogen-bond acceptors (Lipinski definition) is 6. The molecule has 2 atom stereocenters. The van der Waals surface area contributed by atoms with E-state index in [0.717, 1.165) is 51.4 Å². The fourth-order valence-corrected chi connectivity index (χ4v) is 5.01. The standard InChI is InChI=1S/C43H69NO7/c1-6-8-10-12-14-16-17-18-19-20-21-22-23-24-25-26-28-29-31-33-41(45)50-38-39(37-49-36-35-40(43(47)48)44(3,4)5)51-42(46)34-32-30-27-15-13-11-9-7-2/h8,10,12,14,16-25,39-40H,6-7,9,11,13,15,26-38H2,1-5H3/p+1/b10-8+,14-12+,17-16+,19-18+,21-20+,23-22+,25-24+. The fourth-order valence-electron chi connectivity index (χ4n) is 5.01. The highest BCUT2D eigenvalue weighted by Crippen LogP contribution is 2.12. The SMILES string of the molecule is CC/C=C/C=C/C=C/C=C/C=C/C=C/C=C/CCCCCC(=O)OCC(COCCC(C(=O)O)[N+](C)(C)C)OC(=O)CCCCCCCCCC. The van der Waals surface area contributed by atoms with Crippen LogP contribution in [0.3, 0.4) is 0 Å². The summed E-state index contributed by atoms with van der Waals surface area (Å²) >= 11 is 0. The Labute approximate surface area is 310 Å². The number of carboxylic acids is 1. The van der Waals surface area contributed by atoms with Gasteiger partial charge in [-0.15, -0.1) is 0 Å². The summed E-state index contributed by atoms with van der Waals surface area (Å²) in [5, 5.41) is 9.57. The topological polar surface area (TPSA) is 99.1 Å². The van der Waals surface area contributed by atoms with Crippen LogP contribution >= 0.6 is 0 Å². The largest absolute Gasteiger partial charge is 0.477 e. The number of carboxylic acid groups (broad SMARTS) is 1. The zero-order valence-electron chi connectivity index (χ0n) is 32.5. The number of carbonyl (C=O) groups is 3. The van der Waals surface area contributed by atoms with Gasteiger partial charge in [0.2, 0.25) is 0 Å². The number of aliphatic carboxylic acids is 1. The first-order valence-corrected chi connectivity index (χ1v) is 19.2. The number of likely N-dealkylation sites (N-methyl/N-ethyl adjacent to an activating group) is 1. The van der Waals surface area contributed by atoms with E-state index in [-0.39, 0.29) is 36.2 Å². The second kappa shape index (κ2) is 33.6. The van der Waals surface area contributed by atoms with Gasteiger partial charge in [-0.25, -0.2) is 4.79 Å². The molecule has 2 unspecified atom stereocenters. The number of rotatable bonds is 32. The number of quaternary nitrogens is 1. The van der Waals surface area contributed by atoms with Gasteiger partial charge in [-0.2, -0.15) is 0 Å². The van der Waals surface area contributed by atoms with Crippen LogP contribution in [0.5, 0.6) is 0 Å². The molecule has 0 saturated heterocycles. The number of hydrogen-bond donors (Lipinski definition) is 1. The second-order valence-corrected chi connectivity index (χ2v) is 13.6. The van der Waals surface area contributed by atoms with Crippen molar-refractivity contribution in [3.05, 3.63) is 85.1 Å². The van der Waals surface area contributed by atoms with Crippen LogP contribution in [0.1, 0.15) is 117 Å². The van der Waals surface area contributed by atoms with Gasteiger partial charge >= 0.3 is 17.9 Å². The molecule has 0 fully saturated rings. The lowest BCUT2D eigenvalue weighted by molar-refractivity contribution is -0.887. The van der Waals surface area contributed by atoms with E-state index >= 15 is 0 Å². The Morgan fingerprint density at radius 2 is 1.10 bits per heavy atom. The maximum atomic E-state index is 12.6. The molecule has 0 aliphatic rings. The van der Waals surface area contributed by atoms with Crippen LogP contribution in [-0.4, -0.2) is 80.6 Å². The van der Waals surface area contributed by atoms with Crippen molar-refractivity contribution in [3.8, 4) is 0 Å². The minimum atomic E-state index is -0.887. The monoisotopic (exact) mass is 713 g/mol. The van der Waals surface area contributed by atoms with Crippen molar-refractivity contribution in [2.75, 3.05) is 41.0 Å². The number of carbonyl (C=O) groups excluding carboxylic acids is 2. The predicted octanol–water partition coefficient (Wildman–Crippen LogP) is 9.79. The molecule has 0 saturated carbocycles. The van der Waals surface area contributed by atoms with Crippen LogP contribution in [0, 0.1) is 0 Å². The molecule has 0 heterocycles. The molecule has 8 heteroatoms. The lowest BCUT2D eigenvalue weighted by Gasteiger charge is -2.31. The van der Waals surface area contributed by atoms with Crippen LogP contribution in [0.4, 0.5) is 0 Å². The van der Waals surface area contributed by atoms with Crippen molar-refractivity contribution in [3.63, 3.8) is 0 Å². The first-order valence-electron chi connectivity index (χ1n) is 19.2. The van der Waals surface area contributed by atoms with Gasteiger partial charge in [-0.3, -0.25) is 9.59 Å². The number of unbranched alkanes of at least 4 members (excludes halogenated alkanes) is 10. The first-order chi connectivity index (χ1) is 24.6. The van der Waals surface area contributed by atoms with Crippen LogP contribution < -0.4 is 0 Å². The fraction of sp³-hybridized carbons (Fsp3) is 0.605. The van der Waals surface area contributed by atoms with E-state index in [2.05, 4.69) is 26.0 Å². The average molecular weight is 713 g/mol. The molecule has 0 aromatic rings. The summed E-state index contributed by atoms with van der Waals surface area (Å²) in [7, 11) is 5.49. The third-order valence-corrected chi connectivity index (χ3v) is 8.00. The maximum Gasteiger partial charge on any atom is 0.362 e. The molecule has 0 aromatic carbocycles. The first kappa shape index (κ1) is 47.5. The van der Waals surface area contributed by atoms with E-state index in [1.54, 1.807) is 0 Å². The Kier molecular flexibility index (Phi) is 31.3. The zero-order valence-corrected chi connectivity index (χ0v) is 32.5. The van der Waals surface area contributed by atoms with Gasteiger partial charge in [0.05, 0.1) is 34.4 Å². The zero-order chi connectivity index (χ0) is 37.8. The number of nitrogens with zero attached hydrogens (tertiary/aromatic N) is 1. The van der Waals surface area contributed by atoms with Crippen molar-refractivity contribution in [1.29, 1.82) is 0 Å². The molecule has 0 radical (unpaired) electrons. The minimum absolute atomic E-state index is 0.0415. The smallest absolute Gasteiger partial charge is 0.362 e. The van der Waals surface area contributed by atoms with Gasteiger partial charge in [-0.1, -0.05) is 150 Å². The average Bonchev–Trinajstić information content (AvgIpc) is 3.08. The Balaban J connectivity index is 4.48. The van der Waals surface area contributed by atoms with Crippen LogP contribution in [0.15, 0.2) is 85.1 Å². The molecule has 288 valence electrons. The molecule has 0 bridgehead atoms. The van der Waals surface area contributed by atoms with Crippen molar-refractivity contribution in [2.45, 2.75) is 129 Å². The molecular formula is C43H70NO7+. The summed E-state index contributed by atoms with van der Waals surface area (Å²) in [5.74, 6) is -1.55. The lowest BCUT2D eigenvalue weighted by Crippen LogP contribution is -2.50. The van der Waals surface area contributed by atoms with Gasteiger partial charge in [0.25, 0.3) is 0 Å². The summed E-state index contributed by atoms with van der Waals surface area (Å²) in [6.07, 6.45) is 42.0. The van der Waals surface area contributed by atoms with E-state index in [4.69, 9.17) is 14.2 Å². The van der Waals surface area contributed by atoms with Crippen LogP contribution in [0.2, 0.25) is 0 Å². The summed E-state index contributed by atoms with van der Waals surface area (Å²) < 4.78 is 17.1. The van der Waals surface area contributed by atoms with E-state index < -0.39 is 18.1 Å². The third kappa shape index (κ3) is 32.2. The predicted molar refractivity (Wildman–Crippen MR) is 210 cm³/mol. The van der Waals surface area contributed by atoms with E-state index in [9.17, 15) is 19.5 Å². The third-order valence-electron chi connectivity index (χ3n) is 8.00. The minimum Gasteiger partial charge on any atom is -0.477 e. The van der Waals surface area contributed by atoms with Gasteiger partial charge in [0.1, 0.15) is 6.61 Å². The van der Waals surface area contributed by atoms with Gasteiger partial charge in [0, 0.05) is 19.3 Å². The Bertz CT molecular complexity index is 1110. The summed E-state index contributed by atoms with van der Waals surface area (Å²) in [5.41, 5.74) is 0. The highest BCUT2D eigenvalue weighted by Gasteiger charge is 2.31. The van der Waals surface area contributed by atoms with Crippen molar-refractivity contribution in [2.24, 2.45) is 0 Å². The maximum absolute atomic E-state index is 12.6. The molecule has 0 aromatic heterocycles. The van der Waals surface area contributed by atoms with Crippen LogP contribution in [0.25, 0.3) is 0 Å². The number of esters is 2. The van der Waals surface area contributed by atoms with Gasteiger partial charge in [-0.05, 0) is 32.1 Å². The molecule has 0 amide bonds. The van der Waals surface area contributed by atoms with Crippen LogP contribution in [-0.2, 0) is 28.6 Å². The summed E-state index contributed by atoms with van der Waals surface area (Å²) in [6, 6.07) is -0.623. The number of ether oxygens (including phenoxy) is 3. The Morgan fingerprint density at radius 1 is 0.608 bits per heavy atom. The summed E-state index contributed by atoms with van der Waals surface area (Å²) in [4.78, 5) is 36.7. The lowest BCUT2D eigenvalue weighted by atomic mass is 10.1. The molecule has 0 aliphatic heterocycles. The van der Waals surface area contributed by atoms with Gasteiger partial charge < -0.3 is 23.8 Å². The van der Waals surface area contributed by atoms with E-state index in [1.165, 1.54) is 32.1 Å². The molecule has 51 heavy (non-hydrogen) atoms. The molecule has 0 aliphatic carbocycles. The number of allylic oxidation sites excluding steroid dienone is 14. The van der Waals surface area contributed by atoms with E-state index in [0.29, 0.717) is 19.3 Å². The van der Waals surface area contributed by atoms with Crippen molar-refractivity contribution >= 4 is 17.9 Å². The second-order valence-electron chi connectivity index (χ2n) is 13.6. The Hall–Kier alpha value is -3.49. The quantitative estimate of drug-likeness (QED) is 0.0321. The molecule has 0 rings (SSSR count). The highest BCUT2D eigenvalue weighted by atomic mass is 16.6. The van der Waals surface area contributed by atoms with Crippen molar-refractivity contribution in [1.82, 2.24) is 0 Å². The molecule has 0 spiro atoms. The normalized spacial score (nSPS) is 14.0. The van der Waals surface area contributed by atoms with Crippen molar-refractivity contribution < 1.29 is 38.2 Å². The van der Waals surface area contributed by atoms with E-state index in [1.807, 2.05) is 94.1 Å².